The Bertz CT molecular complexity index is 15.1. The van der Waals surface area contributed by atoms with E-state index < -0.39 is 0 Å². The second kappa shape index (κ2) is 41.0. The molecule has 0 aromatic rings. The number of rotatable bonds is 0. The summed E-state index contributed by atoms with van der Waals surface area (Å²) in [5.74, 6) is 0. The third-order valence-corrected chi connectivity index (χ3v) is 0. The van der Waals surface area contributed by atoms with Crippen LogP contribution in [0.1, 0.15) is 0 Å². The molecule has 0 fully saturated rings. The first-order valence-corrected chi connectivity index (χ1v) is 1.06. The van der Waals surface area contributed by atoms with E-state index >= 15 is 0 Å². The van der Waals surface area contributed by atoms with Gasteiger partial charge in [0.1, 0.15) is 12.0 Å². The van der Waals surface area contributed by atoms with Gasteiger partial charge in [-0.15, -0.1) is 3.98 Å². The van der Waals surface area contributed by atoms with Crippen LogP contribution in [-0.4, -0.2) is 0 Å². The molecule has 0 rings (SSSR count). The molecule has 0 saturated heterocycles. The molecule has 0 atom stereocenters. The zero-order valence-corrected chi connectivity index (χ0v) is 3.17. The van der Waals surface area contributed by atoms with E-state index in [-0.39, 0.29) is 6.33 Å². The smallest absolute Gasteiger partial charge is 0.116 e. The Hall–Kier alpha value is -0.110. The van der Waals surface area contributed by atoms with Crippen molar-refractivity contribution >= 4 is 12.0 Å². The SMILES string of the molecule is C=CF.FCl. The van der Waals surface area contributed by atoms with Crippen LogP contribution in [0.5, 0.6) is 0 Å². The summed E-state index contributed by atoms with van der Waals surface area (Å²) in [5.41, 5.74) is 0. The number of halogens is 3. The van der Waals surface area contributed by atoms with Crippen molar-refractivity contribution in [3.05, 3.63) is 12.9 Å². The molecular formula is C2H3ClF2. The van der Waals surface area contributed by atoms with E-state index in [2.05, 4.69) is 18.5 Å². The van der Waals surface area contributed by atoms with Crippen LogP contribution >= 0.6 is 12.0 Å². The molecule has 0 aromatic heterocycles. The quantitative estimate of drug-likeness (QED) is 0.438. The summed E-state index contributed by atoms with van der Waals surface area (Å²) in [6, 6.07) is 0. The van der Waals surface area contributed by atoms with Gasteiger partial charge in [-0.1, -0.05) is 6.58 Å². The molecule has 0 N–H and O–H groups in total. The Kier molecular flexibility index (Phi) is 72.7. The van der Waals surface area contributed by atoms with Crippen LogP contribution in [0, 0.1) is 0 Å². The first-order chi connectivity index (χ1) is 2.41. The molecule has 0 radical (unpaired) electrons. The number of hydrogen-bond donors (Lipinski definition) is 0. The van der Waals surface area contributed by atoms with Crippen molar-refractivity contribution in [3.63, 3.8) is 0 Å². The van der Waals surface area contributed by atoms with Crippen LogP contribution in [0.2, 0.25) is 0 Å². The third kappa shape index (κ3) is 1150. The summed E-state index contributed by atoms with van der Waals surface area (Å²) >= 11 is 3.14. The second-order valence-electron chi connectivity index (χ2n) is 0.154. The maximum atomic E-state index is 10.1. The van der Waals surface area contributed by atoms with Gasteiger partial charge in [0, 0.05) is 0 Å². The number of hydrogen-bond acceptors (Lipinski definition) is 0. The predicted molar refractivity (Wildman–Crippen MR) is 18.3 cm³/mol. The molecule has 0 saturated carbocycles. The molecule has 32 valence electrons. The van der Waals surface area contributed by atoms with Gasteiger partial charge in [0.2, 0.25) is 0 Å². The molecule has 5 heavy (non-hydrogen) atoms. The Morgan fingerprint density at radius 1 is 1.60 bits per heavy atom. The van der Waals surface area contributed by atoms with Gasteiger partial charge >= 0.3 is 0 Å². The fraction of sp³-hybridized carbons (Fsp3) is 0. The summed E-state index contributed by atoms with van der Waals surface area (Å²) in [7, 11) is 0. The Morgan fingerprint density at radius 2 is 1.60 bits per heavy atom. The molecule has 0 heterocycles. The lowest BCUT2D eigenvalue weighted by Crippen LogP contribution is -0.990. The van der Waals surface area contributed by atoms with E-state index in [1.807, 2.05) is 0 Å². The van der Waals surface area contributed by atoms with Gasteiger partial charge in [0.15, 0.2) is 0 Å². The fourth-order valence-corrected chi connectivity index (χ4v) is 0. The zero-order valence-electron chi connectivity index (χ0n) is 2.42. The second-order valence-corrected chi connectivity index (χ2v) is 0.154. The average molecular weight is 100 g/mol. The molecule has 0 aromatic carbocycles. The average Bonchev–Trinajstić information content (AvgIpc) is 1.46. The van der Waals surface area contributed by atoms with E-state index in [0.717, 1.165) is 0 Å². The summed E-state index contributed by atoms with van der Waals surface area (Å²) in [4.78, 5) is 0. The van der Waals surface area contributed by atoms with Crippen molar-refractivity contribution in [2.75, 3.05) is 0 Å². The van der Waals surface area contributed by atoms with E-state index in [9.17, 15) is 4.39 Å². The maximum Gasteiger partial charge on any atom is 0.116 e. The van der Waals surface area contributed by atoms with Crippen LogP contribution in [0.25, 0.3) is 0 Å². The molecule has 3 heteroatoms. The maximum absolute atomic E-state index is 10.1. The van der Waals surface area contributed by atoms with E-state index in [0.29, 0.717) is 0 Å². The van der Waals surface area contributed by atoms with Gasteiger partial charge in [-0.2, -0.15) is 0 Å². The molecule has 0 aliphatic rings. The fourth-order valence-electron chi connectivity index (χ4n) is 0. The highest BCUT2D eigenvalue weighted by Gasteiger charge is 1.19. The van der Waals surface area contributed by atoms with Crippen molar-refractivity contribution in [2.24, 2.45) is 0 Å². The molecular weight excluding hydrogens is 97.5 g/mol. The Morgan fingerprint density at radius 3 is 1.60 bits per heavy atom. The lowest BCUT2D eigenvalue weighted by molar-refractivity contribution is 0.725. The van der Waals surface area contributed by atoms with Crippen LogP contribution in [-0.2, 0) is 0 Å². The molecule has 0 amide bonds. The van der Waals surface area contributed by atoms with Crippen molar-refractivity contribution in [2.45, 2.75) is 0 Å². The van der Waals surface area contributed by atoms with E-state index in [1.54, 1.807) is 0 Å². The Labute approximate surface area is 34.3 Å². The summed E-state index contributed by atoms with van der Waals surface area (Å²) in [6.45, 7) is 2.69. The minimum atomic E-state index is 0.250. The highest BCUT2D eigenvalue weighted by molar-refractivity contribution is 6.06. The van der Waals surface area contributed by atoms with Crippen LogP contribution in [0.4, 0.5) is 8.37 Å². The lowest BCUT2D eigenvalue weighted by Gasteiger charge is -1.28. The molecule has 0 aliphatic carbocycles. The monoisotopic (exact) mass is 100.0 g/mol. The normalized spacial score (nSPS) is 3.80. The summed E-state index contributed by atoms with van der Waals surface area (Å²) in [6.07, 6.45) is 0.250. The minimum absolute atomic E-state index is 0.250. The predicted octanol–water partition coefficient (Wildman–Crippen LogP) is 2.21. The summed E-state index contributed by atoms with van der Waals surface area (Å²) in [5, 5.41) is 0. The molecule has 0 aliphatic heterocycles. The first-order valence-electron chi connectivity index (χ1n) is 0.769. The minimum Gasteiger partial charge on any atom is -0.216 e. The van der Waals surface area contributed by atoms with Crippen molar-refractivity contribution < 1.29 is 8.37 Å². The van der Waals surface area contributed by atoms with Gasteiger partial charge < -0.3 is 0 Å². The summed E-state index contributed by atoms with van der Waals surface area (Å²) < 4.78 is 19.0. The molecule has 0 unspecified atom stereocenters. The van der Waals surface area contributed by atoms with E-state index in [1.165, 1.54) is 0 Å². The largest absolute Gasteiger partial charge is 0.216 e. The highest BCUT2D eigenvalue weighted by Crippen LogP contribution is 1.56. The molecule has 0 nitrogen and oxygen atoms in total. The molecule has 0 spiro atoms. The van der Waals surface area contributed by atoms with Gasteiger partial charge in [-0.05, 0) is 0 Å². The molecule has 0 bridgehead atoms. The first kappa shape index (κ1) is 8.86. The topological polar surface area (TPSA) is 0 Å². The standard InChI is InChI=1S/C2H3F.ClF/c1-2-3;1-2/h2H,1H2;. The van der Waals surface area contributed by atoms with Crippen molar-refractivity contribution in [3.8, 4) is 0 Å². The van der Waals surface area contributed by atoms with Crippen LogP contribution in [0.3, 0.4) is 0 Å². The van der Waals surface area contributed by atoms with Gasteiger partial charge in [0.25, 0.3) is 0 Å². The van der Waals surface area contributed by atoms with Gasteiger partial charge in [-0.3, -0.25) is 0 Å². The van der Waals surface area contributed by atoms with Gasteiger partial charge in [-0.25, -0.2) is 4.39 Å². The van der Waals surface area contributed by atoms with E-state index in [4.69, 9.17) is 3.98 Å². The van der Waals surface area contributed by atoms with Crippen molar-refractivity contribution in [1.82, 2.24) is 0 Å². The third-order valence-electron chi connectivity index (χ3n) is 0. The zero-order chi connectivity index (χ0) is 4.71. The highest BCUT2D eigenvalue weighted by atomic mass is 35.5. The van der Waals surface area contributed by atoms with Gasteiger partial charge in [0.05, 0.1) is 6.33 Å². The lowest BCUT2D eigenvalue weighted by atomic mass is 11.2. The van der Waals surface area contributed by atoms with Crippen LogP contribution in [0.15, 0.2) is 12.9 Å². The Balaban J connectivity index is 0. The van der Waals surface area contributed by atoms with Crippen molar-refractivity contribution in [1.29, 1.82) is 0 Å². The van der Waals surface area contributed by atoms with Crippen LogP contribution < -0.4 is 0 Å².